The Labute approximate surface area is 144 Å². The molecule has 0 bridgehead atoms. The standard InChI is InChI=1S/C18H24BNO2S/c1-17(2,11-18(3,4)19)12-6-8-13(9-7-12)20-15(21)10-14(23-5)16(20)22/h6-9,14H,10-11H2,1-5H3. The van der Waals surface area contributed by atoms with Gasteiger partial charge in [-0.3, -0.25) is 9.59 Å². The van der Waals surface area contributed by atoms with Crippen LogP contribution in [0.3, 0.4) is 0 Å². The Morgan fingerprint density at radius 1 is 1.17 bits per heavy atom. The minimum atomic E-state index is -0.255. The Morgan fingerprint density at radius 2 is 1.74 bits per heavy atom. The van der Waals surface area contributed by atoms with Crippen molar-refractivity contribution in [3.8, 4) is 0 Å². The van der Waals surface area contributed by atoms with E-state index < -0.39 is 0 Å². The van der Waals surface area contributed by atoms with Gasteiger partial charge in [0.2, 0.25) is 11.8 Å². The van der Waals surface area contributed by atoms with Crippen LogP contribution in [-0.4, -0.2) is 31.2 Å². The molecule has 1 unspecified atom stereocenters. The van der Waals surface area contributed by atoms with Crippen LogP contribution in [0.2, 0.25) is 5.31 Å². The van der Waals surface area contributed by atoms with Crippen LogP contribution in [0.15, 0.2) is 24.3 Å². The van der Waals surface area contributed by atoms with Gasteiger partial charge in [-0.2, -0.15) is 11.8 Å². The lowest BCUT2D eigenvalue weighted by atomic mass is 9.62. The van der Waals surface area contributed by atoms with Crippen LogP contribution >= 0.6 is 11.8 Å². The first kappa shape index (κ1) is 18.1. The number of amides is 2. The summed E-state index contributed by atoms with van der Waals surface area (Å²) in [6.45, 7) is 8.36. The van der Waals surface area contributed by atoms with E-state index in [2.05, 4.69) is 13.8 Å². The molecular formula is C18H24BNO2S. The summed E-state index contributed by atoms with van der Waals surface area (Å²) in [5, 5.41) is -0.508. The molecule has 2 radical (unpaired) electrons. The number of benzene rings is 1. The summed E-state index contributed by atoms with van der Waals surface area (Å²) in [7, 11) is 6.16. The molecular weight excluding hydrogens is 305 g/mol. The van der Waals surface area contributed by atoms with Crippen LogP contribution in [0.5, 0.6) is 0 Å². The molecule has 1 fully saturated rings. The van der Waals surface area contributed by atoms with Crippen molar-refractivity contribution in [1.29, 1.82) is 0 Å². The number of anilines is 1. The molecule has 0 N–H and O–H groups in total. The maximum Gasteiger partial charge on any atom is 0.247 e. The Kier molecular flexibility index (Phi) is 5.00. The highest BCUT2D eigenvalue weighted by atomic mass is 32.2. The summed E-state index contributed by atoms with van der Waals surface area (Å²) >= 11 is 1.43. The van der Waals surface area contributed by atoms with E-state index in [1.807, 2.05) is 44.4 Å². The Balaban J connectivity index is 2.23. The number of hydrogen-bond donors (Lipinski definition) is 0. The highest BCUT2D eigenvalue weighted by Crippen LogP contribution is 2.39. The molecule has 2 amide bonds. The van der Waals surface area contributed by atoms with Crippen LogP contribution in [0.1, 0.15) is 46.1 Å². The maximum atomic E-state index is 12.3. The zero-order valence-corrected chi connectivity index (χ0v) is 15.4. The van der Waals surface area contributed by atoms with Gasteiger partial charge in [0, 0.05) is 6.42 Å². The predicted octanol–water partition coefficient (Wildman–Crippen LogP) is 3.72. The number of thioether (sulfide) groups is 1. The van der Waals surface area contributed by atoms with Crippen molar-refractivity contribution < 1.29 is 9.59 Å². The lowest BCUT2D eigenvalue weighted by Crippen LogP contribution is -2.31. The molecule has 1 heterocycles. The van der Waals surface area contributed by atoms with Gasteiger partial charge >= 0.3 is 0 Å². The van der Waals surface area contributed by atoms with Gasteiger partial charge in [-0.25, -0.2) is 4.90 Å². The fourth-order valence-corrected chi connectivity index (χ4v) is 3.98. The van der Waals surface area contributed by atoms with E-state index in [-0.39, 0.29) is 34.2 Å². The lowest BCUT2D eigenvalue weighted by Gasteiger charge is -2.33. The minimum Gasteiger partial charge on any atom is -0.274 e. The van der Waals surface area contributed by atoms with Gasteiger partial charge in [0.1, 0.15) is 0 Å². The third kappa shape index (κ3) is 4.00. The molecule has 1 aromatic carbocycles. The third-order valence-electron chi connectivity index (χ3n) is 4.19. The van der Waals surface area contributed by atoms with E-state index in [0.717, 1.165) is 12.0 Å². The van der Waals surface area contributed by atoms with E-state index >= 15 is 0 Å². The summed E-state index contributed by atoms with van der Waals surface area (Å²) in [6.07, 6.45) is 2.99. The second-order valence-electron chi connectivity index (χ2n) is 7.59. The number of imide groups is 1. The van der Waals surface area contributed by atoms with Gasteiger partial charge < -0.3 is 0 Å². The van der Waals surface area contributed by atoms with Crippen LogP contribution in [0.4, 0.5) is 5.69 Å². The summed E-state index contributed by atoms with van der Waals surface area (Å²) in [5.74, 6) is -0.234. The minimum absolute atomic E-state index is 0.0718. The second-order valence-corrected chi connectivity index (χ2v) is 8.63. The average molecular weight is 329 g/mol. The fraction of sp³-hybridized carbons (Fsp3) is 0.556. The summed E-state index contributed by atoms with van der Waals surface area (Å²) in [5.41, 5.74) is 1.74. The molecule has 1 saturated heterocycles. The number of carbonyl (C=O) groups excluding carboxylic acids is 2. The Morgan fingerprint density at radius 3 is 2.17 bits per heavy atom. The molecule has 5 heteroatoms. The van der Waals surface area contributed by atoms with Gasteiger partial charge in [-0.15, -0.1) is 0 Å². The Bertz CT molecular complexity index is 604. The molecule has 1 atom stereocenters. The van der Waals surface area contributed by atoms with Crippen molar-refractivity contribution in [3.05, 3.63) is 29.8 Å². The first-order chi connectivity index (χ1) is 10.5. The molecule has 0 spiro atoms. The van der Waals surface area contributed by atoms with E-state index in [1.54, 1.807) is 0 Å². The SMILES string of the molecule is [B]C(C)(C)CC(C)(C)c1ccc(N2C(=O)CC(SC)C2=O)cc1. The van der Waals surface area contributed by atoms with E-state index in [0.29, 0.717) is 5.69 Å². The van der Waals surface area contributed by atoms with Crippen LogP contribution in [0.25, 0.3) is 0 Å². The van der Waals surface area contributed by atoms with Gasteiger partial charge in [-0.05, 0) is 35.8 Å². The summed E-state index contributed by atoms with van der Waals surface area (Å²) in [4.78, 5) is 25.7. The number of nitrogens with zero attached hydrogens (tertiary/aromatic N) is 1. The molecule has 0 aliphatic carbocycles. The summed E-state index contributed by atoms with van der Waals surface area (Å²) < 4.78 is 0. The van der Waals surface area contributed by atoms with E-state index in [9.17, 15) is 9.59 Å². The molecule has 3 nitrogen and oxygen atoms in total. The molecule has 0 aromatic heterocycles. The van der Waals surface area contributed by atoms with E-state index in [4.69, 9.17) is 7.85 Å². The largest absolute Gasteiger partial charge is 0.274 e. The van der Waals surface area contributed by atoms with Gasteiger partial charge in [0.05, 0.1) is 18.8 Å². The fourth-order valence-electron chi connectivity index (χ4n) is 3.36. The summed E-state index contributed by atoms with van der Waals surface area (Å²) in [6, 6.07) is 7.71. The van der Waals surface area contributed by atoms with Gasteiger partial charge in [-0.1, -0.05) is 45.1 Å². The van der Waals surface area contributed by atoms with Crippen molar-refractivity contribution in [3.63, 3.8) is 0 Å². The van der Waals surface area contributed by atoms with Crippen molar-refractivity contribution in [1.82, 2.24) is 0 Å². The molecule has 2 rings (SSSR count). The van der Waals surface area contributed by atoms with Crippen LogP contribution in [-0.2, 0) is 15.0 Å². The topological polar surface area (TPSA) is 37.4 Å². The first-order valence-electron chi connectivity index (χ1n) is 7.84. The number of carbonyl (C=O) groups is 2. The Hall–Kier alpha value is -1.23. The second kappa shape index (κ2) is 6.35. The monoisotopic (exact) mass is 329 g/mol. The number of hydrogen-bond acceptors (Lipinski definition) is 3. The molecule has 0 saturated carbocycles. The zero-order valence-electron chi connectivity index (χ0n) is 14.6. The lowest BCUT2D eigenvalue weighted by molar-refractivity contribution is -0.121. The molecule has 1 aromatic rings. The third-order valence-corrected chi connectivity index (χ3v) is 5.13. The smallest absolute Gasteiger partial charge is 0.247 e. The predicted molar refractivity (Wildman–Crippen MR) is 98.3 cm³/mol. The highest BCUT2D eigenvalue weighted by Gasteiger charge is 2.39. The molecule has 122 valence electrons. The van der Waals surface area contributed by atoms with E-state index in [1.165, 1.54) is 16.7 Å². The maximum absolute atomic E-state index is 12.3. The molecule has 23 heavy (non-hydrogen) atoms. The first-order valence-corrected chi connectivity index (χ1v) is 9.13. The van der Waals surface area contributed by atoms with Crippen molar-refractivity contribution in [2.45, 2.75) is 56.5 Å². The van der Waals surface area contributed by atoms with Crippen molar-refractivity contribution in [2.24, 2.45) is 0 Å². The zero-order chi connectivity index (χ0) is 17.4. The normalized spacial score (nSPS) is 19.5. The van der Waals surface area contributed by atoms with Crippen molar-refractivity contribution >= 4 is 37.1 Å². The molecule has 1 aliphatic heterocycles. The molecule has 1 aliphatic rings. The van der Waals surface area contributed by atoms with Gasteiger partial charge in [0.15, 0.2) is 0 Å². The van der Waals surface area contributed by atoms with Crippen LogP contribution < -0.4 is 4.90 Å². The van der Waals surface area contributed by atoms with Gasteiger partial charge in [0.25, 0.3) is 0 Å². The average Bonchev–Trinajstić information content (AvgIpc) is 2.71. The quantitative estimate of drug-likeness (QED) is 0.610. The van der Waals surface area contributed by atoms with Crippen molar-refractivity contribution in [2.75, 3.05) is 11.2 Å². The highest BCUT2D eigenvalue weighted by molar-refractivity contribution is 8.00. The van der Waals surface area contributed by atoms with Crippen LogP contribution in [0, 0.1) is 0 Å². The number of rotatable bonds is 5.